The minimum absolute atomic E-state index is 0.0212. The first-order valence-corrected chi connectivity index (χ1v) is 5.77. The Hall–Kier alpha value is -1.87. The molecular formula is C13H8O2S. The van der Waals surface area contributed by atoms with Crippen molar-refractivity contribution in [2.75, 3.05) is 0 Å². The van der Waals surface area contributed by atoms with Crippen LogP contribution in [-0.2, 0) is 0 Å². The molecule has 3 heteroatoms. The Balaban J connectivity index is 2.74. The van der Waals surface area contributed by atoms with Gasteiger partial charge in [-0.25, -0.2) is 0 Å². The van der Waals surface area contributed by atoms with Crippen molar-refractivity contribution in [1.82, 2.24) is 0 Å². The molecule has 0 atom stereocenters. The molecule has 0 bridgehead atoms. The van der Waals surface area contributed by atoms with Crippen LogP contribution in [0.25, 0.3) is 20.9 Å². The van der Waals surface area contributed by atoms with Crippen molar-refractivity contribution >= 4 is 32.2 Å². The molecule has 0 saturated carbocycles. The Kier molecular flexibility index (Phi) is 1.94. The average Bonchev–Trinajstić information content (AvgIpc) is 2.74. The Morgan fingerprint density at radius 2 is 1.88 bits per heavy atom. The lowest BCUT2D eigenvalue weighted by molar-refractivity contribution is 0.483. The third-order valence-electron chi connectivity index (χ3n) is 2.64. The summed E-state index contributed by atoms with van der Waals surface area (Å²) in [7, 11) is 0. The van der Waals surface area contributed by atoms with E-state index in [9.17, 15) is 9.90 Å². The number of hydrogen-bond donors (Lipinski definition) is 1. The van der Waals surface area contributed by atoms with Crippen LogP contribution in [0.1, 0.15) is 0 Å². The number of hydrogen-bond acceptors (Lipinski definition) is 3. The molecule has 0 unspecified atom stereocenters. The van der Waals surface area contributed by atoms with Crippen molar-refractivity contribution in [3.05, 3.63) is 52.0 Å². The van der Waals surface area contributed by atoms with E-state index in [1.165, 1.54) is 11.3 Å². The number of aromatic hydroxyl groups is 1. The molecular weight excluding hydrogens is 220 g/mol. The van der Waals surface area contributed by atoms with E-state index in [0.29, 0.717) is 15.5 Å². The van der Waals surface area contributed by atoms with E-state index in [4.69, 9.17) is 0 Å². The maximum absolute atomic E-state index is 12.2. The van der Waals surface area contributed by atoms with Gasteiger partial charge in [0, 0.05) is 10.8 Å². The molecule has 0 saturated heterocycles. The van der Waals surface area contributed by atoms with E-state index in [-0.39, 0.29) is 11.2 Å². The van der Waals surface area contributed by atoms with Gasteiger partial charge in [-0.1, -0.05) is 24.3 Å². The summed E-state index contributed by atoms with van der Waals surface area (Å²) in [5.74, 6) is 0.170. The Labute approximate surface area is 95.4 Å². The molecule has 3 rings (SSSR count). The Bertz CT molecular complexity index is 744. The van der Waals surface area contributed by atoms with Gasteiger partial charge in [0.05, 0.1) is 4.70 Å². The molecule has 16 heavy (non-hydrogen) atoms. The van der Waals surface area contributed by atoms with Crippen LogP contribution in [0.5, 0.6) is 5.75 Å². The normalized spacial score (nSPS) is 11.0. The highest BCUT2D eigenvalue weighted by Crippen LogP contribution is 2.29. The van der Waals surface area contributed by atoms with E-state index >= 15 is 0 Å². The fraction of sp³-hybridized carbons (Fsp3) is 0. The summed E-state index contributed by atoms with van der Waals surface area (Å²) in [4.78, 5) is 12.2. The molecule has 0 fully saturated rings. The highest BCUT2D eigenvalue weighted by atomic mass is 32.1. The third kappa shape index (κ3) is 1.22. The van der Waals surface area contributed by atoms with Gasteiger partial charge in [-0.3, -0.25) is 4.79 Å². The van der Waals surface area contributed by atoms with Gasteiger partial charge in [0.1, 0.15) is 5.75 Å². The first-order valence-electron chi connectivity index (χ1n) is 4.89. The maximum Gasteiger partial charge on any atom is 0.195 e. The molecule has 2 aromatic carbocycles. The lowest BCUT2D eigenvalue weighted by Crippen LogP contribution is -1.95. The van der Waals surface area contributed by atoms with E-state index in [2.05, 4.69) is 0 Å². The van der Waals surface area contributed by atoms with Gasteiger partial charge in [0.25, 0.3) is 0 Å². The second-order valence-electron chi connectivity index (χ2n) is 3.61. The molecule has 0 aliphatic rings. The maximum atomic E-state index is 12.2. The summed E-state index contributed by atoms with van der Waals surface area (Å²) in [6, 6.07) is 10.7. The van der Waals surface area contributed by atoms with Crippen LogP contribution in [0.15, 0.2) is 46.6 Å². The number of fused-ring (bicyclic) bond motifs is 2. The predicted molar refractivity (Wildman–Crippen MR) is 67.3 cm³/mol. The first kappa shape index (κ1) is 9.36. The monoisotopic (exact) mass is 228 g/mol. The van der Waals surface area contributed by atoms with Crippen LogP contribution in [0.3, 0.4) is 0 Å². The van der Waals surface area contributed by atoms with Gasteiger partial charge < -0.3 is 5.11 Å². The Morgan fingerprint density at radius 1 is 1.06 bits per heavy atom. The second-order valence-corrected chi connectivity index (χ2v) is 4.53. The van der Waals surface area contributed by atoms with Gasteiger partial charge in [-0.15, -0.1) is 11.3 Å². The highest BCUT2D eigenvalue weighted by molar-refractivity contribution is 7.17. The standard InChI is InChI=1S/C13H8O2S/c14-11-7-8-3-1-2-4-9(8)12(15)10-5-6-16-13(10)11/h1-7,14H. The van der Waals surface area contributed by atoms with Gasteiger partial charge in [-0.05, 0) is 22.9 Å². The quantitative estimate of drug-likeness (QED) is 0.642. The van der Waals surface area contributed by atoms with Gasteiger partial charge in [0.2, 0.25) is 0 Å². The molecule has 1 heterocycles. The van der Waals surface area contributed by atoms with Crippen LogP contribution in [0, 0.1) is 0 Å². The topological polar surface area (TPSA) is 37.3 Å². The van der Waals surface area contributed by atoms with E-state index in [0.717, 1.165) is 5.39 Å². The summed E-state index contributed by atoms with van der Waals surface area (Å²) >= 11 is 1.38. The van der Waals surface area contributed by atoms with Gasteiger partial charge in [-0.2, -0.15) is 0 Å². The molecule has 1 N–H and O–H groups in total. The van der Waals surface area contributed by atoms with Crippen LogP contribution >= 0.6 is 11.3 Å². The fourth-order valence-corrected chi connectivity index (χ4v) is 2.68. The van der Waals surface area contributed by atoms with Crippen molar-refractivity contribution in [2.45, 2.75) is 0 Å². The van der Waals surface area contributed by atoms with Crippen molar-refractivity contribution in [2.24, 2.45) is 0 Å². The van der Waals surface area contributed by atoms with Crippen molar-refractivity contribution < 1.29 is 5.11 Å². The molecule has 0 aliphatic carbocycles. The molecule has 0 radical (unpaired) electrons. The summed E-state index contributed by atoms with van der Waals surface area (Å²) in [5.41, 5.74) is -0.0212. The summed E-state index contributed by atoms with van der Waals surface area (Å²) < 4.78 is 0.654. The van der Waals surface area contributed by atoms with E-state index in [1.807, 2.05) is 23.6 Å². The SMILES string of the molecule is O=c1c2ccccc2cc(O)c2sccc12. The summed E-state index contributed by atoms with van der Waals surface area (Å²) in [5, 5.41) is 13.7. The van der Waals surface area contributed by atoms with Crippen LogP contribution in [-0.4, -0.2) is 5.11 Å². The van der Waals surface area contributed by atoms with Gasteiger partial charge >= 0.3 is 0 Å². The van der Waals surface area contributed by atoms with Crippen molar-refractivity contribution in [3.63, 3.8) is 0 Å². The summed E-state index contributed by atoms with van der Waals surface area (Å²) in [6.45, 7) is 0. The minimum Gasteiger partial charge on any atom is -0.506 e. The molecule has 0 spiro atoms. The zero-order valence-corrected chi connectivity index (χ0v) is 9.12. The van der Waals surface area contributed by atoms with Gasteiger partial charge in [0.15, 0.2) is 5.43 Å². The predicted octanol–water partition coefficient (Wildman–Crippen LogP) is 3.12. The third-order valence-corrected chi connectivity index (χ3v) is 3.58. The second kappa shape index (κ2) is 3.32. The van der Waals surface area contributed by atoms with Crippen molar-refractivity contribution in [1.29, 1.82) is 0 Å². The molecule has 0 aliphatic heterocycles. The van der Waals surface area contributed by atoms with Crippen molar-refractivity contribution in [3.8, 4) is 5.75 Å². The zero-order valence-electron chi connectivity index (χ0n) is 8.31. The van der Waals surface area contributed by atoms with E-state index < -0.39 is 0 Å². The molecule has 78 valence electrons. The number of thiophene rings is 1. The minimum atomic E-state index is -0.0212. The zero-order chi connectivity index (χ0) is 11.1. The van der Waals surface area contributed by atoms with Crippen LogP contribution < -0.4 is 5.43 Å². The lowest BCUT2D eigenvalue weighted by Gasteiger charge is -1.88. The average molecular weight is 228 g/mol. The number of benzene rings is 1. The first-order chi connectivity index (χ1) is 7.77. The number of rotatable bonds is 0. The fourth-order valence-electron chi connectivity index (χ4n) is 1.87. The summed E-state index contributed by atoms with van der Waals surface area (Å²) in [6.07, 6.45) is 0. The van der Waals surface area contributed by atoms with E-state index in [1.54, 1.807) is 18.2 Å². The largest absolute Gasteiger partial charge is 0.506 e. The van der Waals surface area contributed by atoms with Crippen LogP contribution in [0.4, 0.5) is 0 Å². The molecule has 2 nitrogen and oxygen atoms in total. The van der Waals surface area contributed by atoms with Crippen LogP contribution in [0.2, 0.25) is 0 Å². The lowest BCUT2D eigenvalue weighted by atomic mass is 10.2. The molecule has 1 aromatic heterocycles. The highest BCUT2D eigenvalue weighted by Gasteiger charge is 2.06. The molecule has 3 aromatic rings. The Morgan fingerprint density at radius 3 is 2.75 bits per heavy atom. The smallest absolute Gasteiger partial charge is 0.195 e. The molecule has 0 amide bonds.